The van der Waals surface area contributed by atoms with Crippen LogP contribution in [0.5, 0.6) is 0 Å². The summed E-state index contributed by atoms with van der Waals surface area (Å²) in [5, 5.41) is 3.89. The van der Waals surface area contributed by atoms with Gasteiger partial charge in [0.05, 0.1) is 5.69 Å². The van der Waals surface area contributed by atoms with Crippen molar-refractivity contribution in [2.75, 3.05) is 0 Å². The van der Waals surface area contributed by atoms with Crippen molar-refractivity contribution in [2.45, 2.75) is 26.2 Å². The first-order chi connectivity index (χ1) is 9.86. The SMILES string of the molecule is CC(C)(C)c1cc(=S)n2[nH]cc(-c3ccc(Cl)cc3)c2n1. The van der Waals surface area contributed by atoms with Gasteiger partial charge in [-0.2, -0.15) is 0 Å². The minimum atomic E-state index is -0.0448. The third-order valence-electron chi connectivity index (χ3n) is 3.42. The van der Waals surface area contributed by atoms with Gasteiger partial charge in [-0.25, -0.2) is 9.50 Å². The Bertz CT molecular complexity index is 854. The van der Waals surface area contributed by atoms with Crippen molar-refractivity contribution in [3.8, 4) is 11.1 Å². The Morgan fingerprint density at radius 2 is 1.86 bits per heavy atom. The predicted molar refractivity (Wildman–Crippen MR) is 89.5 cm³/mol. The molecule has 3 nitrogen and oxygen atoms in total. The molecule has 0 unspecified atom stereocenters. The van der Waals surface area contributed by atoms with Crippen LogP contribution in [0.4, 0.5) is 0 Å². The number of nitrogens with one attached hydrogen (secondary N) is 1. The Hall–Kier alpha value is -1.65. The standard InChI is InChI=1S/C16H16ClN3S/c1-16(2,3)13-8-14(21)20-15(19-13)12(9-18-20)10-4-6-11(17)7-5-10/h4-9,18H,1-3H3. The molecule has 5 heteroatoms. The quantitative estimate of drug-likeness (QED) is 0.640. The first kappa shape index (κ1) is 14.3. The molecule has 0 radical (unpaired) electrons. The maximum atomic E-state index is 5.96. The van der Waals surface area contributed by atoms with Crippen LogP contribution in [-0.2, 0) is 5.41 Å². The molecule has 2 heterocycles. The van der Waals surface area contributed by atoms with Crippen molar-refractivity contribution < 1.29 is 0 Å². The van der Waals surface area contributed by atoms with Crippen LogP contribution in [0.1, 0.15) is 26.5 Å². The van der Waals surface area contributed by atoms with Gasteiger partial charge in [-0.05, 0) is 23.8 Å². The highest BCUT2D eigenvalue weighted by Gasteiger charge is 2.18. The summed E-state index contributed by atoms with van der Waals surface area (Å²) in [6, 6.07) is 9.68. The molecular formula is C16H16ClN3S. The van der Waals surface area contributed by atoms with Crippen molar-refractivity contribution in [1.82, 2.24) is 14.6 Å². The summed E-state index contributed by atoms with van der Waals surface area (Å²) >= 11 is 11.4. The van der Waals surface area contributed by atoms with Crippen LogP contribution in [0, 0.1) is 4.64 Å². The highest BCUT2D eigenvalue weighted by Crippen LogP contribution is 2.27. The van der Waals surface area contributed by atoms with E-state index in [4.69, 9.17) is 28.8 Å². The van der Waals surface area contributed by atoms with Crippen LogP contribution in [-0.4, -0.2) is 14.6 Å². The zero-order chi connectivity index (χ0) is 15.2. The van der Waals surface area contributed by atoms with Crippen LogP contribution in [0.3, 0.4) is 0 Å². The van der Waals surface area contributed by atoms with Crippen molar-refractivity contribution in [2.24, 2.45) is 0 Å². The molecule has 21 heavy (non-hydrogen) atoms. The molecule has 0 saturated heterocycles. The number of hydrogen-bond donors (Lipinski definition) is 1. The number of aromatic amines is 1. The van der Waals surface area contributed by atoms with Crippen molar-refractivity contribution in [3.63, 3.8) is 0 Å². The molecule has 0 aliphatic carbocycles. The highest BCUT2D eigenvalue weighted by molar-refractivity contribution is 7.71. The molecule has 108 valence electrons. The molecule has 3 aromatic rings. The van der Waals surface area contributed by atoms with Crippen LogP contribution in [0.2, 0.25) is 5.02 Å². The molecule has 0 saturated carbocycles. The van der Waals surface area contributed by atoms with Crippen LogP contribution >= 0.6 is 23.8 Å². The smallest absolute Gasteiger partial charge is 0.162 e. The summed E-state index contributed by atoms with van der Waals surface area (Å²) in [5.41, 5.74) is 3.86. The van der Waals surface area contributed by atoms with E-state index in [9.17, 15) is 0 Å². The predicted octanol–water partition coefficient (Wildman–Crippen LogP) is 5.01. The number of hydrogen-bond acceptors (Lipinski definition) is 2. The molecule has 1 aromatic carbocycles. The van der Waals surface area contributed by atoms with E-state index in [-0.39, 0.29) is 5.41 Å². The molecule has 0 amide bonds. The highest BCUT2D eigenvalue weighted by atomic mass is 35.5. The van der Waals surface area contributed by atoms with Gasteiger partial charge in [0.1, 0.15) is 4.64 Å². The second-order valence-corrected chi connectivity index (χ2v) is 6.94. The zero-order valence-electron chi connectivity index (χ0n) is 12.1. The number of benzene rings is 1. The molecule has 0 aliphatic rings. The Labute approximate surface area is 133 Å². The first-order valence-corrected chi connectivity index (χ1v) is 7.52. The maximum absolute atomic E-state index is 5.96. The number of fused-ring (bicyclic) bond motifs is 1. The molecule has 0 fully saturated rings. The zero-order valence-corrected chi connectivity index (χ0v) is 13.7. The summed E-state index contributed by atoms with van der Waals surface area (Å²) in [6.45, 7) is 6.40. The van der Waals surface area contributed by atoms with Gasteiger partial charge >= 0.3 is 0 Å². The van der Waals surface area contributed by atoms with Gasteiger partial charge in [0, 0.05) is 22.2 Å². The second-order valence-electron chi connectivity index (χ2n) is 6.08. The summed E-state index contributed by atoms with van der Waals surface area (Å²) in [5.74, 6) is 0. The third kappa shape index (κ3) is 2.61. The van der Waals surface area contributed by atoms with Gasteiger partial charge < -0.3 is 0 Å². The molecule has 0 aliphatic heterocycles. The topological polar surface area (TPSA) is 33.1 Å². The molecule has 2 aromatic heterocycles. The van der Waals surface area contributed by atoms with E-state index >= 15 is 0 Å². The third-order valence-corrected chi connectivity index (χ3v) is 3.97. The minimum absolute atomic E-state index is 0.0448. The van der Waals surface area contributed by atoms with Gasteiger partial charge in [0.15, 0.2) is 5.65 Å². The lowest BCUT2D eigenvalue weighted by atomic mass is 9.92. The van der Waals surface area contributed by atoms with Gasteiger partial charge in [-0.3, -0.25) is 5.10 Å². The van der Waals surface area contributed by atoms with E-state index < -0.39 is 0 Å². The van der Waals surface area contributed by atoms with Crippen molar-refractivity contribution in [3.05, 3.63) is 51.9 Å². The van der Waals surface area contributed by atoms with Crippen molar-refractivity contribution >= 4 is 29.5 Å². The average Bonchev–Trinajstić information content (AvgIpc) is 2.83. The van der Waals surface area contributed by atoms with Gasteiger partial charge in [-0.1, -0.05) is 56.7 Å². The maximum Gasteiger partial charge on any atom is 0.162 e. The molecule has 0 atom stereocenters. The number of halogens is 1. The van der Waals surface area contributed by atoms with E-state index in [1.54, 1.807) is 0 Å². The van der Waals surface area contributed by atoms with E-state index in [0.29, 0.717) is 0 Å². The Kier molecular flexibility index (Phi) is 3.38. The summed E-state index contributed by atoms with van der Waals surface area (Å²) in [7, 11) is 0. The Morgan fingerprint density at radius 1 is 1.19 bits per heavy atom. The molecular weight excluding hydrogens is 302 g/mol. The van der Waals surface area contributed by atoms with Crippen LogP contribution in [0.15, 0.2) is 36.5 Å². The van der Waals surface area contributed by atoms with E-state index in [2.05, 4.69) is 25.9 Å². The second kappa shape index (κ2) is 4.97. The van der Waals surface area contributed by atoms with E-state index in [1.165, 1.54) is 0 Å². The molecule has 0 spiro atoms. The fourth-order valence-electron chi connectivity index (χ4n) is 2.21. The number of rotatable bonds is 1. The summed E-state index contributed by atoms with van der Waals surface area (Å²) < 4.78 is 2.55. The molecule has 3 rings (SSSR count). The molecule has 0 bridgehead atoms. The van der Waals surface area contributed by atoms with Gasteiger partial charge in [0.25, 0.3) is 0 Å². The number of nitrogens with zero attached hydrogens (tertiary/aromatic N) is 2. The molecule has 1 N–H and O–H groups in total. The fraction of sp³-hybridized carbons (Fsp3) is 0.250. The lowest BCUT2D eigenvalue weighted by Gasteiger charge is -2.17. The largest absolute Gasteiger partial charge is 0.298 e. The fourth-order valence-corrected chi connectivity index (χ4v) is 2.58. The number of aromatic nitrogens is 3. The average molecular weight is 318 g/mol. The minimum Gasteiger partial charge on any atom is -0.298 e. The summed E-state index contributed by atoms with van der Waals surface area (Å²) in [4.78, 5) is 4.80. The Balaban J connectivity index is 2.28. The number of H-pyrrole nitrogens is 1. The van der Waals surface area contributed by atoms with Crippen LogP contribution < -0.4 is 0 Å². The van der Waals surface area contributed by atoms with Crippen LogP contribution in [0.25, 0.3) is 16.8 Å². The van der Waals surface area contributed by atoms with Gasteiger partial charge in [-0.15, -0.1) is 0 Å². The first-order valence-electron chi connectivity index (χ1n) is 6.74. The monoisotopic (exact) mass is 317 g/mol. The lowest BCUT2D eigenvalue weighted by molar-refractivity contribution is 0.567. The van der Waals surface area contributed by atoms with E-state index in [1.807, 2.05) is 41.0 Å². The van der Waals surface area contributed by atoms with Crippen molar-refractivity contribution in [1.29, 1.82) is 0 Å². The summed E-state index contributed by atoms with van der Waals surface area (Å²) in [6.07, 6.45) is 1.92. The van der Waals surface area contributed by atoms with E-state index in [0.717, 1.165) is 32.1 Å². The Morgan fingerprint density at radius 3 is 2.48 bits per heavy atom. The van der Waals surface area contributed by atoms with Gasteiger partial charge in [0.2, 0.25) is 0 Å². The lowest BCUT2D eigenvalue weighted by Crippen LogP contribution is -2.14. The normalized spacial score (nSPS) is 12.0.